The van der Waals surface area contributed by atoms with Crippen LogP contribution in [0.25, 0.3) is 0 Å². The zero-order chi connectivity index (χ0) is 17.2. The lowest BCUT2D eigenvalue weighted by molar-refractivity contribution is 0.0607. The normalized spacial score (nSPS) is 17.2. The molecular weight excluding hydrogens is 308 g/mol. The molecule has 2 aromatic rings. The molecule has 1 amide bonds. The molecule has 0 radical (unpaired) electrons. The highest BCUT2D eigenvalue weighted by molar-refractivity contribution is 5.92. The fraction of sp³-hybridized carbons (Fsp3) is 0.588. The van der Waals surface area contributed by atoms with Gasteiger partial charge in [0.05, 0.1) is 0 Å². The minimum Gasteiger partial charge on any atom is -0.385 e. The first-order valence-corrected chi connectivity index (χ1v) is 8.26. The summed E-state index contributed by atoms with van der Waals surface area (Å²) in [4.78, 5) is 19.0. The van der Waals surface area contributed by atoms with Gasteiger partial charge >= 0.3 is 0 Å². The molecule has 130 valence electrons. The molecular formula is C17H24N4O3. The Morgan fingerprint density at radius 1 is 1.42 bits per heavy atom. The summed E-state index contributed by atoms with van der Waals surface area (Å²) >= 11 is 0. The summed E-state index contributed by atoms with van der Waals surface area (Å²) < 4.78 is 12.3. The van der Waals surface area contributed by atoms with Gasteiger partial charge in [-0.05, 0) is 31.4 Å². The van der Waals surface area contributed by atoms with Crippen molar-refractivity contribution in [1.29, 1.82) is 0 Å². The lowest BCUT2D eigenvalue weighted by Crippen LogP contribution is -2.46. The molecule has 0 N–H and O–H groups in total. The Balaban J connectivity index is 1.74. The highest BCUT2D eigenvalue weighted by Gasteiger charge is 2.41. The average molecular weight is 332 g/mol. The number of piperidine rings is 1. The second kappa shape index (κ2) is 6.76. The van der Waals surface area contributed by atoms with E-state index in [2.05, 4.69) is 10.1 Å². The van der Waals surface area contributed by atoms with Gasteiger partial charge in [-0.15, -0.1) is 0 Å². The molecule has 2 aromatic heterocycles. The molecule has 1 fully saturated rings. The fourth-order valence-corrected chi connectivity index (χ4v) is 3.38. The standard InChI is InChI=1S/C17H24N4O3/c1-13-18-16(19-24-13)17(8-12-23-3)6-10-21(11-7-17)15(22)14-5-4-9-20(14)2/h4-5,9H,6-8,10-12H2,1-3H3. The molecule has 1 saturated heterocycles. The Hall–Kier alpha value is -2.15. The van der Waals surface area contributed by atoms with Gasteiger partial charge in [-0.3, -0.25) is 4.79 Å². The summed E-state index contributed by atoms with van der Waals surface area (Å²) in [7, 11) is 3.59. The first-order valence-electron chi connectivity index (χ1n) is 8.26. The minimum atomic E-state index is -0.182. The highest BCUT2D eigenvalue weighted by atomic mass is 16.5. The maximum Gasteiger partial charge on any atom is 0.270 e. The van der Waals surface area contributed by atoms with Crippen LogP contribution >= 0.6 is 0 Å². The van der Waals surface area contributed by atoms with E-state index < -0.39 is 0 Å². The molecule has 0 unspecified atom stereocenters. The van der Waals surface area contributed by atoms with Crippen molar-refractivity contribution in [3.8, 4) is 0 Å². The molecule has 3 heterocycles. The molecule has 0 aliphatic carbocycles. The van der Waals surface area contributed by atoms with Crippen molar-refractivity contribution in [3.05, 3.63) is 35.7 Å². The molecule has 1 aliphatic heterocycles. The smallest absolute Gasteiger partial charge is 0.270 e. The number of hydrogen-bond acceptors (Lipinski definition) is 5. The van der Waals surface area contributed by atoms with E-state index in [-0.39, 0.29) is 11.3 Å². The topological polar surface area (TPSA) is 73.4 Å². The van der Waals surface area contributed by atoms with Crippen LogP contribution in [0.2, 0.25) is 0 Å². The first-order chi connectivity index (χ1) is 11.6. The van der Waals surface area contributed by atoms with E-state index in [1.807, 2.05) is 34.8 Å². The zero-order valence-electron chi connectivity index (χ0n) is 14.5. The Morgan fingerprint density at radius 2 is 2.17 bits per heavy atom. The number of carbonyl (C=O) groups is 1. The van der Waals surface area contributed by atoms with Crippen molar-refractivity contribution >= 4 is 5.91 Å². The summed E-state index contributed by atoms with van der Waals surface area (Å²) in [6, 6.07) is 3.75. The molecule has 0 atom stereocenters. The van der Waals surface area contributed by atoms with Crippen molar-refractivity contribution < 1.29 is 14.1 Å². The van der Waals surface area contributed by atoms with Crippen LogP contribution < -0.4 is 0 Å². The fourth-order valence-electron chi connectivity index (χ4n) is 3.38. The van der Waals surface area contributed by atoms with Crippen molar-refractivity contribution in [1.82, 2.24) is 19.6 Å². The summed E-state index contributed by atoms with van der Waals surface area (Å²) in [5, 5.41) is 4.15. The van der Waals surface area contributed by atoms with Crippen LogP contribution in [0.1, 0.15) is 41.5 Å². The molecule has 3 rings (SSSR count). The van der Waals surface area contributed by atoms with E-state index >= 15 is 0 Å². The quantitative estimate of drug-likeness (QED) is 0.836. The minimum absolute atomic E-state index is 0.0761. The Bertz CT molecular complexity index is 698. The van der Waals surface area contributed by atoms with E-state index in [1.165, 1.54) is 0 Å². The molecule has 7 nitrogen and oxygen atoms in total. The second-order valence-corrected chi connectivity index (χ2v) is 6.46. The third-order valence-electron chi connectivity index (χ3n) is 4.96. The van der Waals surface area contributed by atoms with E-state index in [0.717, 1.165) is 30.8 Å². The first kappa shape index (κ1) is 16.7. The Morgan fingerprint density at radius 3 is 2.71 bits per heavy atom. The summed E-state index contributed by atoms with van der Waals surface area (Å²) in [5.41, 5.74) is 0.536. The third kappa shape index (κ3) is 3.08. The van der Waals surface area contributed by atoms with Crippen LogP contribution in [0.5, 0.6) is 0 Å². The maximum absolute atomic E-state index is 12.7. The summed E-state index contributed by atoms with van der Waals surface area (Å²) in [5.74, 6) is 1.39. The number of amides is 1. The number of likely N-dealkylation sites (tertiary alicyclic amines) is 1. The number of ether oxygens (including phenoxy) is 1. The number of carbonyl (C=O) groups excluding carboxylic acids is 1. The molecule has 1 aliphatic rings. The number of nitrogens with zero attached hydrogens (tertiary/aromatic N) is 4. The molecule has 0 aromatic carbocycles. The van der Waals surface area contributed by atoms with Crippen molar-refractivity contribution in [2.75, 3.05) is 26.8 Å². The Labute approximate surface area is 141 Å². The van der Waals surface area contributed by atoms with E-state index in [9.17, 15) is 4.79 Å². The Kier molecular flexibility index (Phi) is 4.71. The number of aryl methyl sites for hydroxylation is 2. The molecule has 0 saturated carbocycles. The third-order valence-corrected chi connectivity index (χ3v) is 4.96. The van der Waals surface area contributed by atoms with Gasteiger partial charge in [-0.1, -0.05) is 5.16 Å². The van der Waals surface area contributed by atoms with Gasteiger partial charge in [-0.2, -0.15) is 4.98 Å². The van der Waals surface area contributed by atoms with Crippen LogP contribution in [0.4, 0.5) is 0 Å². The van der Waals surface area contributed by atoms with Gasteiger partial charge < -0.3 is 18.7 Å². The molecule has 24 heavy (non-hydrogen) atoms. The average Bonchev–Trinajstić information content (AvgIpc) is 3.21. The monoisotopic (exact) mass is 332 g/mol. The van der Waals surface area contributed by atoms with Gasteiger partial charge in [0.2, 0.25) is 5.89 Å². The van der Waals surface area contributed by atoms with Crippen LogP contribution in [0.15, 0.2) is 22.9 Å². The van der Waals surface area contributed by atoms with Gasteiger partial charge in [0, 0.05) is 52.4 Å². The van der Waals surface area contributed by atoms with Crippen LogP contribution in [-0.2, 0) is 17.2 Å². The van der Waals surface area contributed by atoms with E-state index in [4.69, 9.17) is 9.26 Å². The summed E-state index contributed by atoms with van der Waals surface area (Å²) in [6.45, 7) is 3.80. The van der Waals surface area contributed by atoms with Gasteiger partial charge in [-0.25, -0.2) is 0 Å². The molecule has 0 spiro atoms. The second-order valence-electron chi connectivity index (χ2n) is 6.46. The lowest BCUT2D eigenvalue weighted by Gasteiger charge is -2.39. The lowest BCUT2D eigenvalue weighted by atomic mass is 9.75. The van der Waals surface area contributed by atoms with Gasteiger partial charge in [0.1, 0.15) is 5.69 Å². The SMILES string of the molecule is COCCC1(c2noc(C)n2)CCN(C(=O)c2cccn2C)CC1. The van der Waals surface area contributed by atoms with E-state index in [1.54, 1.807) is 14.0 Å². The van der Waals surface area contributed by atoms with Crippen LogP contribution in [-0.4, -0.2) is 52.3 Å². The van der Waals surface area contributed by atoms with Crippen molar-refractivity contribution in [2.24, 2.45) is 7.05 Å². The van der Waals surface area contributed by atoms with Gasteiger partial charge in [0.15, 0.2) is 5.82 Å². The highest BCUT2D eigenvalue weighted by Crippen LogP contribution is 2.37. The predicted molar refractivity (Wildman–Crippen MR) is 87.8 cm³/mol. The predicted octanol–water partition coefficient (Wildman–Crippen LogP) is 1.93. The zero-order valence-corrected chi connectivity index (χ0v) is 14.5. The van der Waals surface area contributed by atoms with Crippen LogP contribution in [0, 0.1) is 6.92 Å². The van der Waals surface area contributed by atoms with Crippen molar-refractivity contribution in [2.45, 2.75) is 31.6 Å². The number of methoxy groups -OCH3 is 1. The largest absolute Gasteiger partial charge is 0.385 e. The van der Waals surface area contributed by atoms with E-state index in [0.29, 0.717) is 25.6 Å². The number of aromatic nitrogens is 3. The molecule has 7 heteroatoms. The van der Waals surface area contributed by atoms with Crippen molar-refractivity contribution in [3.63, 3.8) is 0 Å². The van der Waals surface area contributed by atoms with Crippen LogP contribution in [0.3, 0.4) is 0 Å². The number of rotatable bonds is 5. The maximum atomic E-state index is 12.7. The van der Waals surface area contributed by atoms with Gasteiger partial charge in [0.25, 0.3) is 5.91 Å². The summed E-state index contributed by atoms with van der Waals surface area (Å²) in [6.07, 6.45) is 4.34. The number of hydrogen-bond donors (Lipinski definition) is 0. The molecule has 0 bridgehead atoms.